The van der Waals surface area contributed by atoms with Crippen LogP contribution < -0.4 is 5.32 Å². The Balaban J connectivity index is 1.87. The third-order valence-corrected chi connectivity index (χ3v) is 4.46. The zero-order valence-electron chi connectivity index (χ0n) is 10.7. The summed E-state index contributed by atoms with van der Waals surface area (Å²) in [5, 5.41) is 5.40. The van der Waals surface area contributed by atoms with Crippen LogP contribution in [0.5, 0.6) is 0 Å². The van der Waals surface area contributed by atoms with Crippen LogP contribution in [0.3, 0.4) is 0 Å². The van der Waals surface area contributed by atoms with Gasteiger partial charge in [-0.25, -0.2) is 14.8 Å². The molecule has 2 aromatic heterocycles. The summed E-state index contributed by atoms with van der Waals surface area (Å²) in [5.41, 5.74) is 2.41. The maximum absolute atomic E-state index is 11.8. The van der Waals surface area contributed by atoms with Gasteiger partial charge in [0.05, 0.1) is 35.3 Å². The number of hydrogen-bond donors (Lipinski definition) is 1. The minimum absolute atomic E-state index is 0.113. The molecule has 2 aliphatic rings. The van der Waals surface area contributed by atoms with Gasteiger partial charge in [0.1, 0.15) is 0 Å². The molecule has 4 rings (SSSR count). The van der Waals surface area contributed by atoms with Crippen LogP contribution in [0.4, 0.5) is 5.82 Å². The summed E-state index contributed by atoms with van der Waals surface area (Å²) in [4.78, 5) is 21.9. The van der Waals surface area contributed by atoms with Crippen LogP contribution in [0.25, 0.3) is 0 Å². The minimum Gasteiger partial charge on any atom is -0.465 e. The lowest BCUT2D eigenvalue weighted by Gasteiger charge is -2.14. The van der Waals surface area contributed by atoms with Crippen molar-refractivity contribution < 1.29 is 9.53 Å². The first-order chi connectivity index (χ1) is 9.79. The van der Waals surface area contributed by atoms with Gasteiger partial charge in [0.25, 0.3) is 0 Å². The number of aromatic nitrogens is 1. The molecule has 0 bridgehead atoms. The Kier molecular flexibility index (Phi) is 2.48. The number of carbonyl (C=O) groups is 1. The Morgan fingerprint density at radius 3 is 3.05 bits per heavy atom. The minimum atomic E-state index is -0.342. The van der Waals surface area contributed by atoms with Crippen LogP contribution in [-0.2, 0) is 4.74 Å². The van der Waals surface area contributed by atoms with Crippen LogP contribution in [-0.4, -0.2) is 29.8 Å². The molecule has 2 aromatic rings. The number of methoxy groups -OCH3 is 1. The molecule has 20 heavy (non-hydrogen) atoms. The van der Waals surface area contributed by atoms with Gasteiger partial charge >= 0.3 is 5.97 Å². The van der Waals surface area contributed by atoms with Crippen molar-refractivity contribution in [2.75, 3.05) is 7.11 Å². The molecule has 0 aromatic carbocycles. The zero-order valence-corrected chi connectivity index (χ0v) is 11.5. The van der Waals surface area contributed by atoms with Crippen LogP contribution in [0.15, 0.2) is 34.8 Å². The number of fused-ring (bicyclic) bond motifs is 3. The second-order valence-electron chi connectivity index (χ2n) is 4.68. The lowest BCUT2D eigenvalue weighted by Crippen LogP contribution is -2.15. The molecule has 1 N–H and O–H groups in total. The average Bonchev–Trinajstić information content (AvgIpc) is 3.10. The highest BCUT2D eigenvalue weighted by molar-refractivity contribution is 7.12. The van der Waals surface area contributed by atoms with E-state index in [0.29, 0.717) is 11.4 Å². The van der Waals surface area contributed by atoms with E-state index in [9.17, 15) is 4.79 Å². The van der Waals surface area contributed by atoms with E-state index in [1.165, 1.54) is 7.11 Å². The number of nitrogens with zero attached hydrogens (tertiary/aromatic N) is 2. The number of esters is 1. The number of pyridine rings is 1. The second kappa shape index (κ2) is 4.22. The van der Waals surface area contributed by atoms with Gasteiger partial charge < -0.3 is 4.74 Å². The van der Waals surface area contributed by atoms with Crippen LogP contribution in [0.1, 0.15) is 26.8 Å². The van der Waals surface area contributed by atoms with Crippen LogP contribution in [0.2, 0.25) is 0 Å². The molecule has 0 amide bonds. The first-order valence-electron chi connectivity index (χ1n) is 6.25. The van der Waals surface area contributed by atoms with E-state index in [2.05, 4.69) is 21.4 Å². The lowest BCUT2D eigenvalue weighted by atomic mass is 9.99. The number of ether oxygens (including phenoxy) is 1. The Morgan fingerprint density at radius 2 is 2.30 bits per heavy atom. The molecule has 0 saturated carbocycles. The average molecular weight is 285 g/mol. The molecule has 2 atom stereocenters. The van der Waals surface area contributed by atoms with Crippen molar-refractivity contribution in [1.29, 1.82) is 0 Å². The normalized spacial score (nSPS) is 22.6. The van der Waals surface area contributed by atoms with Gasteiger partial charge in [-0.1, -0.05) is 6.07 Å². The molecule has 0 radical (unpaired) electrons. The van der Waals surface area contributed by atoms with Crippen molar-refractivity contribution in [2.24, 2.45) is 4.99 Å². The van der Waals surface area contributed by atoms with Crippen molar-refractivity contribution in [2.45, 2.75) is 12.1 Å². The molecule has 5 nitrogen and oxygen atoms in total. The van der Waals surface area contributed by atoms with Crippen molar-refractivity contribution in [3.05, 3.63) is 45.8 Å². The molecular weight excluding hydrogens is 274 g/mol. The molecule has 1 saturated heterocycles. The standard InChI is InChI=1S/C14H11N3O2S/c1-19-14(18)7-4-5-15-13-9(7)11-12(16-11)10(17-13)8-3-2-6-20-8/h2-6,11-12,16H,1H3. The van der Waals surface area contributed by atoms with E-state index in [1.54, 1.807) is 23.6 Å². The Morgan fingerprint density at radius 1 is 1.40 bits per heavy atom. The number of thiophene rings is 1. The number of aliphatic imine (C=N–C) groups is 1. The van der Waals surface area contributed by atoms with Gasteiger partial charge in [0, 0.05) is 11.8 Å². The SMILES string of the molecule is COC(=O)c1ccnc2c1C1NC1C(c1cccs1)=N2. The van der Waals surface area contributed by atoms with Crippen molar-refractivity contribution in [3.8, 4) is 0 Å². The van der Waals surface area contributed by atoms with Gasteiger partial charge in [-0.2, -0.15) is 0 Å². The topological polar surface area (TPSA) is 73.5 Å². The quantitative estimate of drug-likeness (QED) is 0.677. The fourth-order valence-corrected chi connectivity index (χ4v) is 3.34. The summed E-state index contributed by atoms with van der Waals surface area (Å²) < 4.78 is 4.83. The molecule has 1 fully saturated rings. The Hall–Kier alpha value is -2.05. The largest absolute Gasteiger partial charge is 0.465 e. The highest BCUT2D eigenvalue weighted by atomic mass is 32.1. The molecule has 0 aliphatic carbocycles. The van der Waals surface area contributed by atoms with Gasteiger partial charge in [0.2, 0.25) is 0 Å². The third kappa shape index (κ3) is 1.62. The molecule has 100 valence electrons. The predicted molar refractivity (Wildman–Crippen MR) is 75.8 cm³/mol. The summed E-state index contributed by atoms with van der Waals surface area (Å²) in [5.74, 6) is 0.272. The maximum atomic E-state index is 11.8. The Labute approximate surface area is 119 Å². The number of hydrogen-bond acceptors (Lipinski definition) is 6. The number of carbonyl (C=O) groups excluding carboxylic acids is 1. The number of rotatable bonds is 2. The van der Waals surface area contributed by atoms with Crippen molar-refractivity contribution >= 4 is 28.8 Å². The van der Waals surface area contributed by atoms with Crippen LogP contribution in [0, 0.1) is 0 Å². The van der Waals surface area contributed by atoms with Crippen molar-refractivity contribution in [3.63, 3.8) is 0 Å². The monoisotopic (exact) mass is 285 g/mol. The number of nitrogens with one attached hydrogen (secondary N) is 1. The second-order valence-corrected chi connectivity index (χ2v) is 5.63. The van der Waals surface area contributed by atoms with E-state index in [-0.39, 0.29) is 18.1 Å². The van der Waals surface area contributed by atoms with Gasteiger partial charge in [-0.15, -0.1) is 11.3 Å². The molecule has 2 aliphatic heterocycles. The molecular formula is C14H11N3O2S. The fraction of sp³-hybridized carbons (Fsp3) is 0.214. The Bertz CT molecular complexity index is 724. The summed E-state index contributed by atoms with van der Waals surface area (Å²) in [7, 11) is 1.39. The van der Waals surface area contributed by atoms with E-state index in [0.717, 1.165) is 16.2 Å². The van der Waals surface area contributed by atoms with Crippen LogP contribution >= 0.6 is 11.3 Å². The molecule has 4 heterocycles. The first-order valence-corrected chi connectivity index (χ1v) is 7.13. The first kappa shape index (κ1) is 11.7. The smallest absolute Gasteiger partial charge is 0.338 e. The maximum Gasteiger partial charge on any atom is 0.338 e. The fourth-order valence-electron chi connectivity index (χ4n) is 2.59. The summed E-state index contributed by atoms with van der Waals surface area (Å²) in [6.45, 7) is 0. The highest BCUT2D eigenvalue weighted by Crippen LogP contribution is 2.44. The van der Waals surface area contributed by atoms with E-state index < -0.39 is 0 Å². The summed E-state index contributed by atoms with van der Waals surface area (Å²) >= 11 is 1.66. The lowest BCUT2D eigenvalue weighted by molar-refractivity contribution is 0.0599. The van der Waals surface area contributed by atoms with Gasteiger partial charge in [-0.05, 0) is 17.5 Å². The summed E-state index contributed by atoms with van der Waals surface area (Å²) in [6, 6.07) is 6.03. The highest BCUT2D eigenvalue weighted by Gasteiger charge is 2.48. The van der Waals surface area contributed by atoms with Crippen molar-refractivity contribution in [1.82, 2.24) is 10.3 Å². The zero-order chi connectivity index (χ0) is 13.7. The van der Waals surface area contributed by atoms with E-state index in [4.69, 9.17) is 4.74 Å². The third-order valence-electron chi connectivity index (χ3n) is 3.56. The summed E-state index contributed by atoms with van der Waals surface area (Å²) in [6.07, 6.45) is 1.60. The molecule has 2 unspecified atom stereocenters. The molecule has 6 heteroatoms. The molecule has 0 spiro atoms. The predicted octanol–water partition coefficient (Wildman–Crippen LogP) is 2.08. The van der Waals surface area contributed by atoms with E-state index in [1.807, 2.05) is 11.4 Å². The van der Waals surface area contributed by atoms with E-state index >= 15 is 0 Å². The van der Waals surface area contributed by atoms with Gasteiger partial charge in [-0.3, -0.25) is 5.32 Å². The van der Waals surface area contributed by atoms with Gasteiger partial charge in [0.15, 0.2) is 5.82 Å².